The lowest BCUT2D eigenvalue weighted by atomic mass is 9.92. The fraction of sp³-hybridized carbons (Fsp3) is 0.900. The molecule has 2 aliphatic heterocycles. The molecule has 144 valence electrons. The smallest absolute Gasteiger partial charge is 0.251 e. The maximum absolute atomic E-state index is 12.7. The van der Waals surface area contributed by atoms with E-state index < -0.39 is 0 Å². The number of amides is 2. The van der Waals surface area contributed by atoms with E-state index in [9.17, 15) is 9.59 Å². The molecule has 0 spiro atoms. The molecule has 0 N–H and O–H groups in total. The van der Waals surface area contributed by atoms with Gasteiger partial charge in [-0.25, -0.2) is 0 Å². The van der Waals surface area contributed by atoms with Gasteiger partial charge >= 0.3 is 0 Å². The molecule has 2 rings (SSSR count). The Morgan fingerprint density at radius 1 is 1.04 bits per heavy atom. The molecule has 2 unspecified atom stereocenters. The Hall–Kier alpha value is -1.10. The number of carbonyl (C=O) groups is 2. The first kappa shape index (κ1) is 20.2. The van der Waals surface area contributed by atoms with Gasteiger partial charge in [0.1, 0.15) is 6.10 Å². The van der Waals surface area contributed by atoms with Gasteiger partial charge in [-0.15, -0.1) is 0 Å². The Morgan fingerprint density at radius 3 is 2.32 bits per heavy atom. The molecule has 2 heterocycles. The van der Waals surface area contributed by atoms with E-state index in [1.54, 1.807) is 0 Å². The summed E-state index contributed by atoms with van der Waals surface area (Å²) in [6.45, 7) is 12.2. The summed E-state index contributed by atoms with van der Waals surface area (Å²) in [4.78, 5) is 29.1. The van der Waals surface area contributed by atoms with Crippen molar-refractivity contribution in [2.45, 2.75) is 65.9 Å². The van der Waals surface area contributed by atoms with Gasteiger partial charge in [-0.05, 0) is 50.9 Å². The second-order valence-electron chi connectivity index (χ2n) is 8.33. The zero-order valence-electron chi connectivity index (χ0n) is 16.5. The van der Waals surface area contributed by atoms with Crippen molar-refractivity contribution in [1.29, 1.82) is 0 Å². The van der Waals surface area contributed by atoms with E-state index in [2.05, 4.69) is 20.8 Å². The molecule has 5 heteroatoms. The number of rotatable bonds is 6. The van der Waals surface area contributed by atoms with E-state index in [-0.39, 0.29) is 17.9 Å². The standard InChI is InChI=1S/C20H36N2O3/c1-15(2)9-13-25-17(4)19(23)21-11-7-18(8-12-21)20(24)22-10-5-6-16(3)14-22/h15-18H,5-14H2,1-4H3. The Kier molecular flexibility index (Phi) is 7.73. The summed E-state index contributed by atoms with van der Waals surface area (Å²) in [6.07, 6.45) is 4.51. The van der Waals surface area contributed by atoms with Gasteiger partial charge in [-0.2, -0.15) is 0 Å². The topological polar surface area (TPSA) is 49.9 Å². The number of nitrogens with zero attached hydrogens (tertiary/aromatic N) is 2. The third kappa shape index (κ3) is 5.98. The maximum atomic E-state index is 12.7. The number of hydrogen-bond acceptors (Lipinski definition) is 3. The van der Waals surface area contributed by atoms with Crippen LogP contribution < -0.4 is 0 Å². The first-order chi connectivity index (χ1) is 11.9. The largest absolute Gasteiger partial charge is 0.369 e. The summed E-state index contributed by atoms with van der Waals surface area (Å²) in [6, 6.07) is 0. The second kappa shape index (κ2) is 9.56. The number of ether oxygens (including phenoxy) is 1. The van der Waals surface area contributed by atoms with Crippen molar-refractivity contribution in [2.24, 2.45) is 17.8 Å². The highest BCUT2D eigenvalue weighted by Gasteiger charge is 2.32. The van der Waals surface area contributed by atoms with Gasteiger partial charge < -0.3 is 14.5 Å². The van der Waals surface area contributed by atoms with Crippen LogP contribution in [0.5, 0.6) is 0 Å². The van der Waals surface area contributed by atoms with Gasteiger partial charge in [0.2, 0.25) is 5.91 Å². The summed E-state index contributed by atoms with van der Waals surface area (Å²) in [5.41, 5.74) is 0. The Labute approximate surface area is 153 Å². The van der Waals surface area contributed by atoms with Crippen LogP contribution in [-0.4, -0.2) is 60.5 Å². The van der Waals surface area contributed by atoms with Gasteiger partial charge in [0.05, 0.1) is 0 Å². The van der Waals surface area contributed by atoms with Crippen LogP contribution >= 0.6 is 0 Å². The SMILES string of the molecule is CC(C)CCOC(C)C(=O)N1CCC(C(=O)N2CCCC(C)C2)CC1. The second-order valence-corrected chi connectivity index (χ2v) is 8.33. The highest BCUT2D eigenvalue weighted by atomic mass is 16.5. The van der Waals surface area contributed by atoms with Crippen LogP contribution in [0.1, 0.15) is 59.8 Å². The van der Waals surface area contributed by atoms with Gasteiger partial charge in [-0.3, -0.25) is 9.59 Å². The summed E-state index contributed by atoms with van der Waals surface area (Å²) in [5, 5.41) is 0. The van der Waals surface area contributed by atoms with Crippen LogP contribution in [0, 0.1) is 17.8 Å². The van der Waals surface area contributed by atoms with Gasteiger partial charge in [0, 0.05) is 38.7 Å². The van der Waals surface area contributed by atoms with E-state index >= 15 is 0 Å². The lowest BCUT2D eigenvalue weighted by Gasteiger charge is -2.37. The third-order valence-corrected chi connectivity index (χ3v) is 5.54. The zero-order chi connectivity index (χ0) is 18.4. The first-order valence-corrected chi connectivity index (χ1v) is 10.1. The van der Waals surface area contributed by atoms with Gasteiger partial charge in [0.15, 0.2) is 0 Å². The van der Waals surface area contributed by atoms with Crippen molar-refractivity contribution in [1.82, 2.24) is 9.80 Å². The molecule has 2 fully saturated rings. The molecule has 0 bridgehead atoms. The molecular formula is C20H36N2O3. The van der Waals surface area contributed by atoms with Crippen molar-refractivity contribution in [3.05, 3.63) is 0 Å². The predicted octanol–water partition coefficient (Wildman–Crippen LogP) is 2.93. The quantitative estimate of drug-likeness (QED) is 0.738. The van der Waals surface area contributed by atoms with Crippen molar-refractivity contribution >= 4 is 11.8 Å². The third-order valence-electron chi connectivity index (χ3n) is 5.54. The highest BCUT2D eigenvalue weighted by Crippen LogP contribution is 2.24. The van der Waals surface area contributed by atoms with Crippen LogP contribution in [0.3, 0.4) is 0 Å². The molecule has 25 heavy (non-hydrogen) atoms. The van der Waals surface area contributed by atoms with Gasteiger partial charge in [-0.1, -0.05) is 20.8 Å². The average Bonchev–Trinajstić information content (AvgIpc) is 2.60. The molecule has 5 nitrogen and oxygen atoms in total. The van der Waals surface area contributed by atoms with E-state index in [1.165, 1.54) is 6.42 Å². The number of hydrogen-bond donors (Lipinski definition) is 0. The van der Waals surface area contributed by atoms with Gasteiger partial charge in [0.25, 0.3) is 5.91 Å². The number of carbonyl (C=O) groups excluding carboxylic acids is 2. The van der Waals surface area contributed by atoms with Crippen LogP contribution in [0.4, 0.5) is 0 Å². The molecule has 0 aliphatic carbocycles. The van der Waals surface area contributed by atoms with Crippen molar-refractivity contribution in [3.63, 3.8) is 0 Å². The van der Waals surface area contributed by atoms with E-state index in [1.807, 2.05) is 16.7 Å². The minimum atomic E-state index is -0.381. The lowest BCUT2D eigenvalue weighted by Crippen LogP contribution is -2.48. The lowest BCUT2D eigenvalue weighted by molar-refractivity contribution is -0.147. The van der Waals surface area contributed by atoms with Crippen LogP contribution in [-0.2, 0) is 14.3 Å². The number of piperidine rings is 2. The van der Waals surface area contributed by atoms with E-state index in [4.69, 9.17) is 4.74 Å². The van der Waals surface area contributed by atoms with E-state index in [0.717, 1.165) is 38.8 Å². The van der Waals surface area contributed by atoms with Crippen LogP contribution in [0.2, 0.25) is 0 Å². The Bertz CT molecular complexity index is 444. The minimum absolute atomic E-state index is 0.0706. The Morgan fingerprint density at radius 2 is 1.72 bits per heavy atom. The molecule has 2 aliphatic rings. The van der Waals surface area contributed by atoms with Crippen molar-refractivity contribution in [2.75, 3.05) is 32.8 Å². The summed E-state index contributed by atoms with van der Waals surface area (Å²) >= 11 is 0. The number of likely N-dealkylation sites (tertiary alicyclic amines) is 2. The maximum Gasteiger partial charge on any atom is 0.251 e. The molecule has 2 saturated heterocycles. The first-order valence-electron chi connectivity index (χ1n) is 10.1. The molecule has 2 atom stereocenters. The Balaban J connectivity index is 1.74. The molecular weight excluding hydrogens is 316 g/mol. The van der Waals surface area contributed by atoms with Crippen molar-refractivity contribution in [3.8, 4) is 0 Å². The monoisotopic (exact) mass is 352 g/mol. The highest BCUT2D eigenvalue weighted by molar-refractivity contribution is 5.82. The normalized spacial score (nSPS) is 23.8. The fourth-order valence-corrected chi connectivity index (χ4v) is 3.80. The fourth-order valence-electron chi connectivity index (χ4n) is 3.80. The van der Waals surface area contributed by atoms with Crippen molar-refractivity contribution < 1.29 is 14.3 Å². The minimum Gasteiger partial charge on any atom is -0.369 e. The molecule has 0 radical (unpaired) electrons. The molecule has 2 amide bonds. The van der Waals surface area contributed by atoms with Crippen LogP contribution in [0.15, 0.2) is 0 Å². The summed E-state index contributed by atoms with van der Waals surface area (Å²) in [5.74, 6) is 1.66. The summed E-state index contributed by atoms with van der Waals surface area (Å²) in [7, 11) is 0. The molecule has 0 aromatic carbocycles. The molecule has 0 aromatic heterocycles. The predicted molar refractivity (Wildman–Crippen MR) is 99.2 cm³/mol. The average molecular weight is 353 g/mol. The van der Waals surface area contributed by atoms with Crippen LogP contribution in [0.25, 0.3) is 0 Å². The zero-order valence-corrected chi connectivity index (χ0v) is 16.5. The van der Waals surface area contributed by atoms with E-state index in [0.29, 0.717) is 37.4 Å². The summed E-state index contributed by atoms with van der Waals surface area (Å²) < 4.78 is 5.68. The molecule has 0 aromatic rings. The molecule has 0 saturated carbocycles.